The number of rotatable bonds is 6. The molecule has 0 radical (unpaired) electrons. The molecule has 0 amide bonds. The molecule has 2 aromatic rings. The van der Waals surface area contributed by atoms with Gasteiger partial charge in [0, 0.05) is 18.8 Å². The van der Waals surface area contributed by atoms with E-state index in [1.54, 1.807) is 0 Å². The Morgan fingerprint density at radius 3 is 2.43 bits per heavy atom. The van der Waals surface area contributed by atoms with Crippen LogP contribution in [0.25, 0.3) is 0 Å². The normalized spacial score (nSPS) is 11.6. The SMILES string of the molecule is CN(C)CCNc1cnnc(Nc2ccc(C(F)(F)F)cc2)n1. The summed E-state index contributed by atoms with van der Waals surface area (Å²) in [6.45, 7) is 1.51. The van der Waals surface area contributed by atoms with Crippen molar-refractivity contribution < 1.29 is 13.2 Å². The van der Waals surface area contributed by atoms with Crippen LogP contribution in [0.3, 0.4) is 0 Å². The summed E-state index contributed by atoms with van der Waals surface area (Å²) in [7, 11) is 3.91. The van der Waals surface area contributed by atoms with E-state index < -0.39 is 11.7 Å². The zero-order valence-corrected chi connectivity index (χ0v) is 12.7. The molecule has 0 aliphatic rings. The van der Waals surface area contributed by atoms with Gasteiger partial charge in [0.1, 0.15) is 0 Å². The topological polar surface area (TPSA) is 66.0 Å². The molecule has 0 aliphatic heterocycles. The minimum Gasteiger partial charge on any atom is -0.367 e. The molecule has 0 unspecified atom stereocenters. The van der Waals surface area contributed by atoms with Crippen molar-refractivity contribution in [2.24, 2.45) is 0 Å². The number of aromatic nitrogens is 3. The largest absolute Gasteiger partial charge is 0.416 e. The second kappa shape index (κ2) is 7.23. The molecule has 0 saturated carbocycles. The van der Waals surface area contributed by atoms with Crippen LogP contribution < -0.4 is 10.6 Å². The van der Waals surface area contributed by atoms with Crippen molar-refractivity contribution in [1.29, 1.82) is 0 Å². The molecule has 2 rings (SSSR count). The molecule has 124 valence electrons. The van der Waals surface area contributed by atoms with Crippen molar-refractivity contribution in [3.05, 3.63) is 36.0 Å². The minimum atomic E-state index is -4.35. The Morgan fingerprint density at radius 1 is 1.13 bits per heavy atom. The summed E-state index contributed by atoms with van der Waals surface area (Å²) in [5.41, 5.74) is -0.258. The zero-order valence-electron chi connectivity index (χ0n) is 12.7. The van der Waals surface area contributed by atoms with Gasteiger partial charge in [-0.15, -0.1) is 5.10 Å². The van der Waals surface area contributed by atoms with Gasteiger partial charge in [-0.2, -0.15) is 23.3 Å². The van der Waals surface area contributed by atoms with E-state index in [4.69, 9.17) is 0 Å². The van der Waals surface area contributed by atoms with Crippen LogP contribution in [0.2, 0.25) is 0 Å². The Kier molecular flexibility index (Phi) is 5.32. The molecule has 0 saturated heterocycles. The van der Waals surface area contributed by atoms with Gasteiger partial charge < -0.3 is 15.5 Å². The standard InChI is InChI=1S/C14H17F3N6/c1-23(2)8-7-18-12-9-19-22-13(21-12)20-11-5-3-10(4-6-11)14(15,16)17/h3-6,9H,7-8H2,1-2H3,(H2,18,20,21,22). The molecular formula is C14H17F3N6. The fraction of sp³-hybridized carbons (Fsp3) is 0.357. The van der Waals surface area contributed by atoms with Crippen molar-refractivity contribution >= 4 is 17.5 Å². The Hall–Kier alpha value is -2.42. The second-order valence-corrected chi connectivity index (χ2v) is 5.10. The zero-order chi connectivity index (χ0) is 16.9. The van der Waals surface area contributed by atoms with Gasteiger partial charge in [0.05, 0.1) is 11.8 Å². The predicted molar refractivity (Wildman–Crippen MR) is 81.6 cm³/mol. The highest BCUT2D eigenvalue weighted by atomic mass is 19.4. The number of hydrogen-bond acceptors (Lipinski definition) is 6. The maximum absolute atomic E-state index is 12.5. The second-order valence-electron chi connectivity index (χ2n) is 5.10. The highest BCUT2D eigenvalue weighted by Crippen LogP contribution is 2.30. The van der Waals surface area contributed by atoms with Gasteiger partial charge in [0.15, 0.2) is 5.82 Å². The summed E-state index contributed by atoms with van der Waals surface area (Å²) in [6, 6.07) is 4.63. The first-order chi connectivity index (χ1) is 10.8. The number of nitrogens with one attached hydrogen (secondary N) is 2. The summed E-state index contributed by atoms with van der Waals surface area (Å²) >= 11 is 0. The molecule has 0 spiro atoms. The van der Waals surface area contributed by atoms with E-state index in [1.165, 1.54) is 18.3 Å². The number of halogens is 3. The lowest BCUT2D eigenvalue weighted by atomic mass is 10.2. The fourth-order valence-corrected chi connectivity index (χ4v) is 1.72. The number of likely N-dealkylation sites (N-methyl/N-ethyl adjacent to an activating group) is 1. The lowest BCUT2D eigenvalue weighted by molar-refractivity contribution is -0.137. The van der Waals surface area contributed by atoms with Crippen LogP contribution in [0, 0.1) is 0 Å². The van der Waals surface area contributed by atoms with Gasteiger partial charge >= 0.3 is 6.18 Å². The summed E-state index contributed by atoms with van der Waals surface area (Å²) in [6.07, 6.45) is -2.87. The van der Waals surface area contributed by atoms with E-state index in [-0.39, 0.29) is 5.95 Å². The third-order valence-electron chi connectivity index (χ3n) is 2.89. The molecular weight excluding hydrogens is 309 g/mol. The minimum absolute atomic E-state index is 0.208. The first-order valence-corrected chi connectivity index (χ1v) is 6.87. The maximum atomic E-state index is 12.5. The lowest BCUT2D eigenvalue weighted by Crippen LogP contribution is -2.21. The Morgan fingerprint density at radius 2 is 1.83 bits per heavy atom. The maximum Gasteiger partial charge on any atom is 0.416 e. The molecule has 0 bridgehead atoms. The van der Waals surface area contributed by atoms with Crippen LogP contribution in [-0.2, 0) is 6.18 Å². The van der Waals surface area contributed by atoms with Crippen molar-refractivity contribution in [3.8, 4) is 0 Å². The van der Waals surface area contributed by atoms with Crippen LogP contribution in [0.1, 0.15) is 5.56 Å². The van der Waals surface area contributed by atoms with E-state index in [0.29, 0.717) is 18.1 Å². The van der Waals surface area contributed by atoms with E-state index in [9.17, 15) is 13.2 Å². The third-order valence-corrected chi connectivity index (χ3v) is 2.89. The molecule has 23 heavy (non-hydrogen) atoms. The van der Waals surface area contributed by atoms with Gasteiger partial charge in [-0.1, -0.05) is 0 Å². The number of benzene rings is 1. The van der Waals surface area contributed by atoms with Gasteiger partial charge in [-0.3, -0.25) is 0 Å². The van der Waals surface area contributed by atoms with E-state index >= 15 is 0 Å². The van der Waals surface area contributed by atoms with Crippen molar-refractivity contribution in [3.63, 3.8) is 0 Å². The number of alkyl halides is 3. The monoisotopic (exact) mass is 326 g/mol. The van der Waals surface area contributed by atoms with Crippen molar-refractivity contribution in [2.75, 3.05) is 37.8 Å². The highest BCUT2D eigenvalue weighted by molar-refractivity contribution is 5.54. The van der Waals surface area contributed by atoms with E-state index in [2.05, 4.69) is 25.8 Å². The highest BCUT2D eigenvalue weighted by Gasteiger charge is 2.29. The molecule has 1 aromatic carbocycles. The fourth-order valence-electron chi connectivity index (χ4n) is 1.72. The Balaban J connectivity index is 2.00. The molecule has 1 heterocycles. The van der Waals surface area contributed by atoms with Crippen LogP contribution >= 0.6 is 0 Å². The number of nitrogens with zero attached hydrogens (tertiary/aromatic N) is 4. The first kappa shape index (κ1) is 16.9. The summed E-state index contributed by atoms with van der Waals surface area (Å²) < 4.78 is 37.5. The van der Waals surface area contributed by atoms with Crippen molar-refractivity contribution in [2.45, 2.75) is 6.18 Å². The number of anilines is 3. The predicted octanol–water partition coefficient (Wildman–Crippen LogP) is 2.61. The first-order valence-electron chi connectivity index (χ1n) is 6.87. The van der Waals surface area contributed by atoms with E-state index in [0.717, 1.165) is 18.7 Å². The van der Waals surface area contributed by atoms with Gasteiger partial charge in [0.2, 0.25) is 5.95 Å². The average molecular weight is 326 g/mol. The molecule has 9 heteroatoms. The van der Waals surface area contributed by atoms with Crippen LogP contribution in [0.15, 0.2) is 30.5 Å². The Labute approximate surface area is 131 Å². The van der Waals surface area contributed by atoms with Crippen LogP contribution in [-0.4, -0.2) is 47.3 Å². The quantitative estimate of drug-likeness (QED) is 0.851. The lowest BCUT2D eigenvalue weighted by Gasteiger charge is -2.11. The Bertz CT molecular complexity index is 627. The smallest absolute Gasteiger partial charge is 0.367 e. The van der Waals surface area contributed by atoms with Crippen LogP contribution in [0.5, 0.6) is 0 Å². The summed E-state index contributed by atoms with van der Waals surface area (Å²) in [5.74, 6) is 0.746. The van der Waals surface area contributed by atoms with Crippen molar-refractivity contribution in [1.82, 2.24) is 20.1 Å². The molecule has 2 N–H and O–H groups in total. The molecule has 1 aromatic heterocycles. The van der Waals surface area contributed by atoms with E-state index in [1.807, 2.05) is 19.0 Å². The van der Waals surface area contributed by atoms with Gasteiger partial charge in [-0.05, 0) is 38.4 Å². The summed E-state index contributed by atoms with van der Waals surface area (Å²) in [4.78, 5) is 6.22. The molecule has 0 atom stereocenters. The molecule has 0 fully saturated rings. The number of hydrogen-bond donors (Lipinski definition) is 2. The van der Waals surface area contributed by atoms with Crippen LogP contribution in [0.4, 0.5) is 30.6 Å². The summed E-state index contributed by atoms with van der Waals surface area (Å²) in [5, 5.41) is 13.5. The average Bonchev–Trinajstić information content (AvgIpc) is 2.47. The molecule has 0 aliphatic carbocycles. The third kappa shape index (κ3) is 5.37. The van der Waals surface area contributed by atoms with Gasteiger partial charge in [-0.25, -0.2) is 0 Å². The van der Waals surface area contributed by atoms with Gasteiger partial charge in [0.25, 0.3) is 0 Å². The molecule has 6 nitrogen and oxygen atoms in total.